The van der Waals surface area contributed by atoms with E-state index < -0.39 is 0 Å². The van der Waals surface area contributed by atoms with E-state index in [-0.39, 0.29) is 0 Å². The molecule has 152 valence electrons. The fourth-order valence-corrected chi connectivity index (χ4v) is 4.15. The summed E-state index contributed by atoms with van der Waals surface area (Å²) in [7, 11) is 4.01. The lowest BCUT2D eigenvalue weighted by molar-refractivity contribution is 0.643. The van der Waals surface area contributed by atoms with Crippen LogP contribution in [0.5, 0.6) is 0 Å². The molecule has 1 aliphatic rings. The second-order valence-electron chi connectivity index (χ2n) is 8.01. The smallest absolute Gasteiger partial charge is 0.136 e. The molecule has 30 heavy (non-hydrogen) atoms. The third-order valence-electron chi connectivity index (χ3n) is 6.06. The van der Waals surface area contributed by atoms with Gasteiger partial charge in [-0.05, 0) is 60.8 Å². The van der Waals surface area contributed by atoms with Crippen LogP contribution in [0.25, 0.3) is 10.9 Å². The Kier molecular flexibility index (Phi) is 4.71. The first kappa shape index (κ1) is 18.8. The first-order chi connectivity index (χ1) is 14.6. The Labute approximate surface area is 176 Å². The van der Waals surface area contributed by atoms with Crippen molar-refractivity contribution < 1.29 is 0 Å². The lowest BCUT2D eigenvalue weighted by Gasteiger charge is -2.19. The molecule has 2 aromatic heterocycles. The van der Waals surface area contributed by atoms with Crippen LogP contribution in [0.15, 0.2) is 48.7 Å². The molecule has 0 amide bonds. The van der Waals surface area contributed by atoms with Crippen molar-refractivity contribution in [1.29, 1.82) is 0 Å². The number of nitrogens with one attached hydrogen (secondary N) is 1. The molecule has 0 fully saturated rings. The van der Waals surface area contributed by atoms with E-state index in [9.17, 15) is 0 Å². The van der Waals surface area contributed by atoms with Crippen molar-refractivity contribution in [3.63, 3.8) is 0 Å². The molecular formula is C24H26N6. The van der Waals surface area contributed by atoms with Crippen LogP contribution in [-0.2, 0) is 26.4 Å². The number of aromatic nitrogens is 4. The molecule has 0 saturated carbocycles. The number of nitrogens with zero attached hydrogens (tertiary/aromatic N) is 5. The molecule has 2 aromatic carbocycles. The zero-order chi connectivity index (χ0) is 20.7. The van der Waals surface area contributed by atoms with Gasteiger partial charge in [-0.25, -0.2) is 9.97 Å². The van der Waals surface area contributed by atoms with Crippen LogP contribution in [0, 0.1) is 6.92 Å². The molecule has 4 aromatic rings. The first-order valence-corrected chi connectivity index (χ1v) is 10.4. The van der Waals surface area contributed by atoms with Crippen LogP contribution in [0.1, 0.15) is 28.2 Å². The molecule has 0 unspecified atom stereocenters. The number of hydrogen-bond donors (Lipinski definition) is 1. The van der Waals surface area contributed by atoms with Gasteiger partial charge in [0.2, 0.25) is 0 Å². The monoisotopic (exact) mass is 398 g/mol. The maximum Gasteiger partial charge on any atom is 0.136 e. The van der Waals surface area contributed by atoms with E-state index in [2.05, 4.69) is 63.6 Å². The van der Waals surface area contributed by atoms with E-state index >= 15 is 0 Å². The van der Waals surface area contributed by atoms with Gasteiger partial charge in [-0.15, -0.1) is 0 Å². The summed E-state index contributed by atoms with van der Waals surface area (Å²) >= 11 is 0. The van der Waals surface area contributed by atoms with E-state index in [1.165, 1.54) is 27.8 Å². The molecule has 6 nitrogen and oxygen atoms in total. The molecule has 0 bridgehead atoms. The largest absolute Gasteiger partial charge is 0.329 e. The maximum atomic E-state index is 4.83. The predicted octanol–water partition coefficient (Wildman–Crippen LogP) is 3.68. The minimum absolute atomic E-state index is 0.730. The Morgan fingerprint density at radius 3 is 2.90 bits per heavy atom. The van der Waals surface area contributed by atoms with Crippen molar-refractivity contribution in [2.75, 3.05) is 18.5 Å². The second kappa shape index (κ2) is 7.54. The molecule has 0 atom stereocenters. The van der Waals surface area contributed by atoms with E-state index in [0.29, 0.717) is 0 Å². The molecule has 5 rings (SSSR count). The molecule has 0 saturated heterocycles. The van der Waals surface area contributed by atoms with Crippen molar-refractivity contribution in [2.24, 2.45) is 7.05 Å². The van der Waals surface area contributed by atoms with E-state index in [0.717, 1.165) is 48.8 Å². The quantitative estimate of drug-likeness (QED) is 0.568. The molecule has 1 N–H and O–H groups in total. The van der Waals surface area contributed by atoms with Gasteiger partial charge in [0, 0.05) is 50.0 Å². The summed E-state index contributed by atoms with van der Waals surface area (Å²) in [5.41, 5.74) is 7.32. The van der Waals surface area contributed by atoms with E-state index in [1.807, 2.05) is 31.0 Å². The predicted molar refractivity (Wildman–Crippen MR) is 120 cm³/mol. The van der Waals surface area contributed by atoms with Crippen LogP contribution in [0.4, 0.5) is 11.5 Å². The standard InChI is InChI=1S/C24H26N6/c1-16-21-7-6-20(14-22(21)28-30(16)3)29(2)24-9-11-26-23(27-24)13-17-4-5-18-8-10-25-15-19(18)12-17/h4-7,9,11-12,14,25H,8,10,13,15H2,1-3H3. The molecule has 3 heterocycles. The van der Waals surface area contributed by atoms with Gasteiger partial charge in [0.1, 0.15) is 11.6 Å². The lowest BCUT2D eigenvalue weighted by Crippen LogP contribution is -2.23. The van der Waals surface area contributed by atoms with Crippen LogP contribution in [-0.4, -0.2) is 33.3 Å². The van der Waals surface area contributed by atoms with Gasteiger partial charge in [-0.2, -0.15) is 5.10 Å². The molecule has 0 aliphatic carbocycles. The average Bonchev–Trinajstić information content (AvgIpc) is 3.06. The highest BCUT2D eigenvalue weighted by molar-refractivity contribution is 5.85. The van der Waals surface area contributed by atoms with Crippen molar-refractivity contribution in [3.8, 4) is 0 Å². The Bertz CT molecular complexity index is 1230. The van der Waals surface area contributed by atoms with E-state index in [1.54, 1.807) is 0 Å². The highest BCUT2D eigenvalue weighted by Crippen LogP contribution is 2.27. The van der Waals surface area contributed by atoms with Crippen molar-refractivity contribution in [1.82, 2.24) is 25.1 Å². The summed E-state index contributed by atoms with van der Waals surface area (Å²) in [6.45, 7) is 4.10. The van der Waals surface area contributed by atoms with Gasteiger partial charge in [0.05, 0.1) is 5.52 Å². The Morgan fingerprint density at radius 2 is 2.00 bits per heavy atom. The summed E-state index contributed by atoms with van der Waals surface area (Å²) in [5, 5.41) is 9.24. The van der Waals surface area contributed by atoms with Crippen LogP contribution in [0.3, 0.4) is 0 Å². The number of anilines is 2. The summed E-state index contributed by atoms with van der Waals surface area (Å²) in [5.74, 6) is 1.71. The fourth-order valence-electron chi connectivity index (χ4n) is 4.15. The number of fused-ring (bicyclic) bond motifs is 2. The van der Waals surface area contributed by atoms with Gasteiger partial charge >= 0.3 is 0 Å². The normalized spacial score (nSPS) is 13.4. The minimum Gasteiger partial charge on any atom is -0.329 e. The van der Waals surface area contributed by atoms with Gasteiger partial charge < -0.3 is 10.2 Å². The zero-order valence-electron chi connectivity index (χ0n) is 17.7. The first-order valence-electron chi connectivity index (χ1n) is 10.4. The summed E-state index contributed by atoms with van der Waals surface area (Å²) in [6, 6.07) is 15.1. The topological polar surface area (TPSA) is 58.9 Å². The van der Waals surface area contributed by atoms with E-state index in [4.69, 9.17) is 4.98 Å². The molecular weight excluding hydrogens is 372 g/mol. The Hall–Kier alpha value is -3.25. The van der Waals surface area contributed by atoms with Crippen LogP contribution in [0.2, 0.25) is 0 Å². The van der Waals surface area contributed by atoms with Crippen molar-refractivity contribution in [2.45, 2.75) is 26.3 Å². The third kappa shape index (κ3) is 3.44. The molecule has 6 heteroatoms. The number of benzene rings is 2. The number of hydrogen-bond acceptors (Lipinski definition) is 5. The summed E-state index contributed by atoms with van der Waals surface area (Å²) < 4.78 is 1.92. The fraction of sp³-hybridized carbons (Fsp3) is 0.292. The second-order valence-corrected chi connectivity index (χ2v) is 8.01. The number of rotatable bonds is 4. The van der Waals surface area contributed by atoms with Crippen LogP contribution >= 0.6 is 0 Å². The van der Waals surface area contributed by atoms with Crippen LogP contribution < -0.4 is 10.2 Å². The van der Waals surface area contributed by atoms with Gasteiger partial charge in [-0.3, -0.25) is 4.68 Å². The third-order valence-corrected chi connectivity index (χ3v) is 6.06. The summed E-state index contributed by atoms with van der Waals surface area (Å²) in [6.07, 6.45) is 3.68. The maximum absolute atomic E-state index is 4.83. The van der Waals surface area contributed by atoms with Crippen molar-refractivity contribution >= 4 is 22.4 Å². The molecule has 1 aliphatic heterocycles. The lowest BCUT2D eigenvalue weighted by atomic mass is 9.97. The van der Waals surface area contributed by atoms with Crippen molar-refractivity contribution in [3.05, 3.63) is 76.9 Å². The zero-order valence-corrected chi connectivity index (χ0v) is 17.7. The van der Waals surface area contributed by atoms with Gasteiger partial charge in [0.15, 0.2) is 0 Å². The Balaban J connectivity index is 1.40. The minimum atomic E-state index is 0.730. The van der Waals surface area contributed by atoms with Gasteiger partial charge in [-0.1, -0.05) is 18.2 Å². The molecule has 0 spiro atoms. The Morgan fingerprint density at radius 1 is 1.10 bits per heavy atom. The highest BCUT2D eigenvalue weighted by atomic mass is 15.3. The highest BCUT2D eigenvalue weighted by Gasteiger charge is 2.13. The molecule has 0 radical (unpaired) electrons. The summed E-state index contributed by atoms with van der Waals surface area (Å²) in [4.78, 5) is 11.4. The average molecular weight is 399 g/mol. The number of aryl methyl sites for hydroxylation is 2. The SMILES string of the molecule is Cc1c2ccc(N(C)c3ccnc(Cc4ccc5c(c4)CNCC5)n3)cc2nn1C. The van der Waals surface area contributed by atoms with Gasteiger partial charge in [0.25, 0.3) is 0 Å².